The van der Waals surface area contributed by atoms with Gasteiger partial charge in [-0.1, -0.05) is 31.8 Å². The van der Waals surface area contributed by atoms with Crippen LogP contribution in [0.25, 0.3) is 0 Å². The molecular weight excluding hydrogens is 228 g/mol. The molecule has 1 aliphatic heterocycles. The van der Waals surface area contributed by atoms with Gasteiger partial charge in [-0.3, -0.25) is 0 Å². The third kappa shape index (κ3) is 3.45. The summed E-state index contributed by atoms with van der Waals surface area (Å²) in [6.45, 7) is 8.12. The van der Waals surface area contributed by atoms with Crippen LogP contribution in [0.1, 0.15) is 52.3 Å². The Bertz CT molecular complexity index is 364. The molecule has 0 amide bonds. The lowest BCUT2D eigenvalue weighted by Gasteiger charge is -2.24. The van der Waals surface area contributed by atoms with Crippen molar-refractivity contribution in [3.05, 3.63) is 5.89 Å². The zero-order valence-electron chi connectivity index (χ0n) is 11.6. The first-order valence-corrected chi connectivity index (χ1v) is 6.99. The van der Waals surface area contributed by atoms with Crippen molar-refractivity contribution in [3.63, 3.8) is 0 Å². The van der Waals surface area contributed by atoms with Gasteiger partial charge in [0.1, 0.15) is 0 Å². The minimum atomic E-state index is 0.428. The lowest BCUT2D eigenvalue weighted by molar-refractivity contribution is 0.436. The number of aromatic nitrogens is 2. The number of anilines is 1. The van der Waals surface area contributed by atoms with Crippen LogP contribution in [0, 0.1) is 0 Å². The zero-order chi connectivity index (χ0) is 13.0. The van der Waals surface area contributed by atoms with Gasteiger partial charge >= 0.3 is 6.01 Å². The van der Waals surface area contributed by atoms with Crippen molar-refractivity contribution in [2.75, 3.05) is 11.4 Å². The number of nitrogens with zero attached hydrogens (tertiary/aromatic N) is 3. The number of rotatable bonds is 4. The molecule has 0 saturated carbocycles. The topological polar surface area (TPSA) is 54.2 Å². The molecule has 0 bridgehead atoms. The number of hydrogen-bond donors (Lipinski definition) is 1. The summed E-state index contributed by atoms with van der Waals surface area (Å²) in [4.78, 5) is 2.25. The molecule has 0 radical (unpaired) electrons. The van der Waals surface area contributed by atoms with Crippen molar-refractivity contribution in [2.45, 2.75) is 65.1 Å². The lowest BCUT2D eigenvalue weighted by Crippen LogP contribution is -2.32. The number of nitrogens with one attached hydrogen (secondary N) is 1. The molecule has 0 aromatic carbocycles. The molecule has 18 heavy (non-hydrogen) atoms. The summed E-state index contributed by atoms with van der Waals surface area (Å²) in [5, 5.41) is 11.6. The van der Waals surface area contributed by atoms with Gasteiger partial charge in [0.15, 0.2) is 0 Å². The van der Waals surface area contributed by atoms with Crippen LogP contribution in [0.15, 0.2) is 4.42 Å². The monoisotopic (exact) mass is 252 g/mol. The molecule has 0 spiro atoms. The summed E-state index contributed by atoms with van der Waals surface area (Å²) >= 11 is 0. The smallest absolute Gasteiger partial charge is 0.318 e. The van der Waals surface area contributed by atoms with E-state index in [1.165, 1.54) is 25.7 Å². The molecule has 1 aromatic rings. The average molecular weight is 252 g/mol. The Labute approximate surface area is 109 Å². The molecule has 1 saturated heterocycles. The van der Waals surface area contributed by atoms with E-state index in [-0.39, 0.29) is 0 Å². The quantitative estimate of drug-likeness (QED) is 0.891. The highest BCUT2D eigenvalue weighted by Crippen LogP contribution is 2.22. The van der Waals surface area contributed by atoms with Crippen LogP contribution in [-0.4, -0.2) is 28.8 Å². The maximum atomic E-state index is 5.74. The van der Waals surface area contributed by atoms with E-state index in [1.54, 1.807) is 0 Å². The summed E-state index contributed by atoms with van der Waals surface area (Å²) in [6, 6.07) is 1.61. The molecule has 5 heteroatoms. The Morgan fingerprint density at radius 1 is 1.33 bits per heavy atom. The van der Waals surface area contributed by atoms with Crippen LogP contribution >= 0.6 is 0 Å². The largest absolute Gasteiger partial charge is 0.407 e. The molecule has 2 rings (SSSR count). The van der Waals surface area contributed by atoms with E-state index in [2.05, 4.69) is 41.2 Å². The van der Waals surface area contributed by atoms with Gasteiger partial charge in [0, 0.05) is 18.6 Å². The van der Waals surface area contributed by atoms with Crippen LogP contribution in [0.2, 0.25) is 0 Å². The van der Waals surface area contributed by atoms with Gasteiger partial charge in [-0.05, 0) is 19.8 Å². The summed E-state index contributed by atoms with van der Waals surface area (Å²) < 4.78 is 5.74. The SMILES string of the molecule is CC(C)NCc1nnc(N2CCCCCC2C)o1. The molecule has 5 nitrogen and oxygen atoms in total. The fourth-order valence-corrected chi connectivity index (χ4v) is 2.28. The maximum Gasteiger partial charge on any atom is 0.318 e. The molecule has 1 N–H and O–H groups in total. The Kier molecular flexibility index (Phi) is 4.58. The predicted octanol–water partition coefficient (Wildman–Crippen LogP) is 2.34. The highest BCUT2D eigenvalue weighted by atomic mass is 16.4. The first-order chi connectivity index (χ1) is 8.66. The van der Waals surface area contributed by atoms with Crippen molar-refractivity contribution in [1.29, 1.82) is 0 Å². The summed E-state index contributed by atoms with van der Waals surface area (Å²) in [5.41, 5.74) is 0. The van der Waals surface area contributed by atoms with E-state index in [0.717, 1.165) is 6.54 Å². The zero-order valence-corrected chi connectivity index (χ0v) is 11.6. The van der Waals surface area contributed by atoms with Gasteiger partial charge in [0.05, 0.1) is 6.54 Å². The van der Waals surface area contributed by atoms with Crippen LogP contribution in [0.3, 0.4) is 0 Å². The third-order valence-electron chi connectivity index (χ3n) is 3.42. The van der Waals surface area contributed by atoms with Gasteiger partial charge in [0.25, 0.3) is 0 Å². The van der Waals surface area contributed by atoms with Crippen LogP contribution in [-0.2, 0) is 6.54 Å². The normalized spacial score (nSPS) is 21.3. The van der Waals surface area contributed by atoms with Gasteiger partial charge in [-0.2, -0.15) is 0 Å². The second-order valence-electron chi connectivity index (χ2n) is 5.41. The lowest BCUT2D eigenvalue weighted by atomic mass is 10.1. The molecule has 102 valence electrons. The van der Waals surface area contributed by atoms with Crippen molar-refractivity contribution >= 4 is 6.01 Å². The predicted molar refractivity (Wildman–Crippen MR) is 71.5 cm³/mol. The summed E-state index contributed by atoms with van der Waals surface area (Å²) in [6.07, 6.45) is 5.03. The van der Waals surface area contributed by atoms with E-state index in [9.17, 15) is 0 Å². The van der Waals surface area contributed by atoms with Crippen molar-refractivity contribution in [3.8, 4) is 0 Å². The van der Waals surface area contributed by atoms with Gasteiger partial charge < -0.3 is 14.6 Å². The Balaban J connectivity index is 1.99. The van der Waals surface area contributed by atoms with E-state index in [4.69, 9.17) is 4.42 Å². The van der Waals surface area contributed by atoms with E-state index in [0.29, 0.717) is 30.5 Å². The second kappa shape index (κ2) is 6.18. The molecule has 1 unspecified atom stereocenters. The molecule has 0 aliphatic carbocycles. The Morgan fingerprint density at radius 3 is 2.94 bits per heavy atom. The minimum absolute atomic E-state index is 0.428. The molecule has 1 aromatic heterocycles. The highest BCUT2D eigenvalue weighted by molar-refractivity contribution is 5.26. The first-order valence-electron chi connectivity index (χ1n) is 6.99. The molecule has 1 atom stereocenters. The van der Waals surface area contributed by atoms with Gasteiger partial charge in [-0.15, -0.1) is 5.10 Å². The van der Waals surface area contributed by atoms with E-state index < -0.39 is 0 Å². The third-order valence-corrected chi connectivity index (χ3v) is 3.42. The van der Waals surface area contributed by atoms with Crippen molar-refractivity contribution in [2.24, 2.45) is 0 Å². The maximum absolute atomic E-state index is 5.74. The summed E-state index contributed by atoms with van der Waals surface area (Å²) in [5.74, 6) is 0.676. The van der Waals surface area contributed by atoms with Crippen molar-refractivity contribution < 1.29 is 4.42 Å². The van der Waals surface area contributed by atoms with Crippen LogP contribution in [0.5, 0.6) is 0 Å². The van der Waals surface area contributed by atoms with Crippen LogP contribution in [0.4, 0.5) is 6.01 Å². The molecule has 1 fully saturated rings. The fourth-order valence-electron chi connectivity index (χ4n) is 2.28. The van der Waals surface area contributed by atoms with E-state index in [1.807, 2.05) is 0 Å². The Hall–Kier alpha value is -1.10. The summed E-state index contributed by atoms with van der Waals surface area (Å²) in [7, 11) is 0. The molecule has 1 aliphatic rings. The van der Waals surface area contributed by atoms with Gasteiger partial charge in [0.2, 0.25) is 5.89 Å². The van der Waals surface area contributed by atoms with E-state index >= 15 is 0 Å². The average Bonchev–Trinajstić information content (AvgIpc) is 2.69. The standard InChI is InChI=1S/C13H24N4O/c1-10(2)14-9-12-15-16-13(18-12)17-8-6-4-5-7-11(17)3/h10-11,14H,4-9H2,1-3H3. The fraction of sp³-hybridized carbons (Fsp3) is 0.846. The number of hydrogen-bond acceptors (Lipinski definition) is 5. The van der Waals surface area contributed by atoms with Gasteiger partial charge in [-0.25, -0.2) is 0 Å². The first kappa shape index (κ1) is 13.3. The Morgan fingerprint density at radius 2 is 2.17 bits per heavy atom. The minimum Gasteiger partial charge on any atom is -0.407 e. The molecule has 2 heterocycles. The molecular formula is C13H24N4O. The van der Waals surface area contributed by atoms with Crippen LogP contribution < -0.4 is 10.2 Å². The highest BCUT2D eigenvalue weighted by Gasteiger charge is 2.21. The second-order valence-corrected chi connectivity index (χ2v) is 5.41. The van der Waals surface area contributed by atoms with Crippen molar-refractivity contribution in [1.82, 2.24) is 15.5 Å².